The number of hydrogen-bond donors (Lipinski definition) is 0. The Morgan fingerprint density at radius 1 is 1.13 bits per heavy atom. The molecular weight excluding hydrogens is 306 g/mol. The highest BCUT2D eigenvalue weighted by Crippen LogP contribution is 2.27. The van der Waals surface area contributed by atoms with E-state index in [9.17, 15) is 4.79 Å². The normalized spacial score (nSPS) is 13.1. The summed E-state index contributed by atoms with van der Waals surface area (Å²) in [5.41, 5.74) is 2.01. The molecule has 0 unspecified atom stereocenters. The second-order valence-electron chi connectivity index (χ2n) is 5.73. The smallest absolute Gasteiger partial charge is 0.299 e. The molecule has 0 bridgehead atoms. The van der Waals surface area contributed by atoms with Gasteiger partial charge >= 0.3 is 0 Å². The fraction of sp³-hybridized carbons (Fsp3) is 0.250. The van der Waals surface area contributed by atoms with Gasteiger partial charge in [0.15, 0.2) is 0 Å². The van der Waals surface area contributed by atoms with Crippen LogP contribution in [0.4, 0.5) is 0 Å². The zero-order valence-electron chi connectivity index (χ0n) is 12.8. The minimum Gasteiger partial charge on any atom is -0.329 e. The number of rotatable bonds is 4. The van der Waals surface area contributed by atoms with Gasteiger partial charge in [0.2, 0.25) is 0 Å². The Labute approximate surface area is 142 Å². The summed E-state index contributed by atoms with van der Waals surface area (Å²) in [6.07, 6.45) is 3.03. The summed E-state index contributed by atoms with van der Waals surface area (Å²) in [4.78, 5) is 14.3. The first-order valence-electron chi connectivity index (χ1n) is 7.84. The molecule has 0 aliphatic heterocycles. The lowest BCUT2D eigenvalue weighted by Gasteiger charge is -2.19. The number of carbonyl (C=O) groups is 1. The fourth-order valence-corrected chi connectivity index (χ4v) is 2.68. The van der Waals surface area contributed by atoms with Gasteiger partial charge in [-0.3, -0.25) is 4.79 Å². The van der Waals surface area contributed by atoms with Crippen molar-refractivity contribution in [3.8, 4) is 11.8 Å². The molecule has 1 amide bonds. The van der Waals surface area contributed by atoms with Gasteiger partial charge in [-0.1, -0.05) is 53.9 Å². The van der Waals surface area contributed by atoms with Crippen LogP contribution in [0.3, 0.4) is 0 Å². The summed E-state index contributed by atoms with van der Waals surface area (Å²) in [5.74, 6) is 5.59. The van der Waals surface area contributed by atoms with E-state index in [2.05, 4.69) is 24.0 Å². The van der Waals surface area contributed by atoms with E-state index in [-0.39, 0.29) is 5.91 Å². The Morgan fingerprint density at radius 2 is 1.91 bits per heavy atom. The van der Waals surface area contributed by atoms with Crippen LogP contribution in [-0.2, 0) is 11.2 Å². The molecule has 2 aromatic rings. The van der Waals surface area contributed by atoms with Crippen molar-refractivity contribution in [1.29, 1.82) is 0 Å². The number of halogens is 1. The van der Waals surface area contributed by atoms with Gasteiger partial charge in [0.25, 0.3) is 5.91 Å². The van der Waals surface area contributed by atoms with Crippen LogP contribution in [0.2, 0.25) is 5.02 Å². The summed E-state index contributed by atoms with van der Waals surface area (Å²) < 4.78 is 0. The van der Waals surface area contributed by atoms with Gasteiger partial charge in [0.05, 0.1) is 0 Å². The molecule has 116 valence electrons. The quantitative estimate of drug-likeness (QED) is 0.781. The van der Waals surface area contributed by atoms with Crippen LogP contribution in [-0.4, -0.2) is 23.4 Å². The maximum Gasteiger partial charge on any atom is 0.299 e. The molecule has 0 heterocycles. The molecule has 1 fully saturated rings. The lowest BCUT2D eigenvalue weighted by Crippen LogP contribution is -2.33. The van der Waals surface area contributed by atoms with Gasteiger partial charge < -0.3 is 4.90 Å². The maximum atomic E-state index is 12.4. The second-order valence-corrected chi connectivity index (χ2v) is 6.16. The van der Waals surface area contributed by atoms with Gasteiger partial charge in [0.1, 0.15) is 0 Å². The van der Waals surface area contributed by atoms with Crippen LogP contribution < -0.4 is 0 Å². The zero-order chi connectivity index (χ0) is 16.1. The highest BCUT2D eigenvalue weighted by Gasteiger charge is 2.31. The number of carbonyl (C=O) groups excluding carboxylic acids is 1. The summed E-state index contributed by atoms with van der Waals surface area (Å²) in [7, 11) is 0. The van der Waals surface area contributed by atoms with Gasteiger partial charge in [0, 0.05) is 29.1 Å². The predicted octanol–water partition coefficient (Wildman–Crippen LogP) is 3.93. The standard InChI is InChI=1S/C20H18ClNO/c21-18-8-4-7-17(15-18)9-12-20(23)22(19-10-11-19)14-13-16-5-2-1-3-6-16/h1-8,15,19H,10-11,13-14H2. The van der Waals surface area contributed by atoms with E-state index >= 15 is 0 Å². The van der Waals surface area contributed by atoms with Crippen molar-refractivity contribution in [3.05, 3.63) is 70.7 Å². The third kappa shape index (κ3) is 4.61. The Bertz CT molecular complexity index is 741. The lowest BCUT2D eigenvalue weighted by atomic mass is 10.1. The minimum atomic E-state index is -0.0941. The van der Waals surface area contributed by atoms with Crippen LogP contribution >= 0.6 is 11.6 Å². The van der Waals surface area contributed by atoms with Crippen molar-refractivity contribution in [2.45, 2.75) is 25.3 Å². The van der Waals surface area contributed by atoms with Crippen molar-refractivity contribution < 1.29 is 4.79 Å². The van der Waals surface area contributed by atoms with Crippen LogP contribution in [0.25, 0.3) is 0 Å². The van der Waals surface area contributed by atoms with Crippen molar-refractivity contribution in [2.24, 2.45) is 0 Å². The second kappa shape index (κ2) is 7.35. The van der Waals surface area contributed by atoms with E-state index < -0.39 is 0 Å². The zero-order valence-corrected chi connectivity index (χ0v) is 13.6. The van der Waals surface area contributed by atoms with Crippen molar-refractivity contribution in [3.63, 3.8) is 0 Å². The summed E-state index contributed by atoms with van der Waals surface area (Å²) in [6.45, 7) is 0.720. The van der Waals surface area contributed by atoms with Crippen molar-refractivity contribution in [1.82, 2.24) is 4.90 Å². The number of amides is 1. The first-order chi connectivity index (χ1) is 11.2. The number of nitrogens with zero attached hydrogens (tertiary/aromatic N) is 1. The minimum absolute atomic E-state index is 0.0941. The molecule has 1 saturated carbocycles. The monoisotopic (exact) mass is 323 g/mol. The predicted molar refractivity (Wildman–Crippen MR) is 93.2 cm³/mol. The molecule has 3 rings (SSSR count). The first kappa shape index (κ1) is 15.6. The summed E-state index contributed by atoms with van der Waals surface area (Å²) >= 11 is 5.94. The van der Waals surface area contributed by atoms with E-state index in [4.69, 9.17) is 11.6 Å². The van der Waals surface area contributed by atoms with Crippen LogP contribution in [0, 0.1) is 11.8 Å². The Balaban J connectivity index is 1.65. The molecule has 23 heavy (non-hydrogen) atoms. The van der Waals surface area contributed by atoms with Crippen molar-refractivity contribution >= 4 is 17.5 Å². The average molecular weight is 324 g/mol. The van der Waals surface area contributed by atoms with Gasteiger partial charge in [-0.2, -0.15) is 0 Å². The number of hydrogen-bond acceptors (Lipinski definition) is 1. The van der Waals surface area contributed by atoms with Gasteiger partial charge in [-0.15, -0.1) is 0 Å². The first-order valence-corrected chi connectivity index (χ1v) is 8.22. The molecule has 3 heteroatoms. The molecule has 0 spiro atoms. The maximum absolute atomic E-state index is 12.4. The van der Waals surface area contributed by atoms with Crippen LogP contribution in [0.15, 0.2) is 54.6 Å². The van der Waals surface area contributed by atoms with Crippen LogP contribution in [0.1, 0.15) is 24.0 Å². The van der Waals surface area contributed by atoms with E-state index in [1.54, 1.807) is 12.1 Å². The Morgan fingerprint density at radius 3 is 2.61 bits per heavy atom. The van der Waals surface area contributed by atoms with E-state index in [0.717, 1.165) is 31.4 Å². The highest BCUT2D eigenvalue weighted by molar-refractivity contribution is 6.30. The Kier molecular flexibility index (Phi) is 5.00. The molecule has 0 saturated heterocycles. The van der Waals surface area contributed by atoms with E-state index in [1.807, 2.05) is 35.2 Å². The topological polar surface area (TPSA) is 20.3 Å². The molecule has 1 aliphatic rings. The molecule has 0 radical (unpaired) electrons. The molecule has 0 N–H and O–H groups in total. The highest BCUT2D eigenvalue weighted by atomic mass is 35.5. The molecule has 2 nitrogen and oxygen atoms in total. The van der Waals surface area contributed by atoms with Gasteiger partial charge in [-0.05, 0) is 43.0 Å². The summed E-state index contributed by atoms with van der Waals surface area (Å²) in [5, 5.41) is 0.632. The average Bonchev–Trinajstić information content (AvgIpc) is 3.39. The SMILES string of the molecule is O=C(C#Cc1cccc(Cl)c1)N(CCc1ccccc1)C1CC1. The Hall–Kier alpha value is -2.24. The third-order valence-electron chi connectivity index (χ3n) is 3.87. The van der Waals surface area contributed by atoms with Crippen molar-refractivity contribution in [2.75, 3.05) is 6.54 Å². The fourth-order valence-electron chi connectivity index (χ4n) is 2.49. The summed E-state index contributed by atoms with van der Waals surface area (Å²) in [6, 6.07) is 17.9. The molecule has 1 aliphatic carbocycles. The molecule has 2 aromatic carbocycles. The van der Waals surface area contributed by atoms with Crippen LogP contribution in [0.5, 0.6) is 0 Å². The lowest BCUT2D eigenvalue weighted by molar-refractivity contribution is -0.125. The van der Waals surface area contributed by atoms with Gasteiger partial charge in [-0.25, -0.2) is 0 Å². The molecule has 0 aromatic heterocycles. The largest absolute Gasteiger partial charge is 0.329 e. The third-order valence-corrected chi connectivity index (χ3v) is 4.11. The molecule has 0 atom stereocenters. The number of benzene rings is 2. The van der Waals surface area contributed by atoms with E-state index in [1.165, 1.54) is 5.56 Å². The molecular formula is C20H18ClNO. The van der Waals surface area contributed by atoms with E-state index in [0.29, 0.717) is 11.1 Å².